The lowest BCUT2D eigenvalue weighted by atomic mass is 10.2. The summed E-state index contributed by atoms with van der Waals surface area (Å²) >= 11 is 2.74. The van der Waals surface area contributed by atoms with Crippen molar-refractivity contribution < 1.29 is 13.7 Å². The van der Waals surface area contributed by atoms with Crippen LogP contribution in [0.25, 0.3) is 0 Å². The molecule has 20 heavy (non-hydrogen) atoms. The van der Waals surface area contributed by atoms with Gasteiger partial charge in [0.1, 0.15) is 5.37 Å². The molecule has 1 heterocycles. The van der Waals surface area contributed by atoms with E-state index in [9.17, 15) is 4.57 Å². The van der Waals surface area contributed by atoms with Crippen LogP contribution >= 0.6 is 29.9 Å². The van der Waals surface area contributed by atoms with E-state index in [-0.39, 0.29) is 5.37 Å². The largest absolute Gasteiger partial charge is 0.459 e. The lowest BCUT2D eigenvalue weighted by Crippen LogP contribution is -2.05. The van der Waals surface area contributed by atoms with Gasteiger partial charge in [0.05, 0.1) is 12.3 Å². The van der Waals surface area contributed by atoms with Crippen LogP contribution in [-0.4, -0.2) is 28.5 Å². The first kappa shape index (κ1) is 18.1. The lowest BCUT2D eigenvalue weighted by Gasteiger charge is -2.13. The van der Waals surface area contributed by atoms with Crippen LogP contribution in [0.15, 0.2) is 10.1 Å². The predicted octanol–water partition coefficient (Wildman–Crippen LogP) is 4.79. The second-order valence-corrected chi connectivity index (χ2v) is 9.85. The molecule has 1 aliphatic rings. The van der Waals surface area contributed by atoms with E-state index in [1.54, 1.807) is 18.7 Å². The molecule has 116 valence electrons. The summed E-state index contributed by atoms with van der Waals surface area (Å²) in [5, 5.41) is 4.87. The molecule has 0 saturated carbocycles. The van der Waals surface area contributed by atoms with Crippen LogP contribution < -0.4 is 0 Å². The van der Waals surface area contributed by atoms with Crippen molar-refractivity contribution in [3.8, 4) is 0 Å². The van der Waals surface area contributed by atoms with Crippen LogP contribution in [0.2, 0.25) is 0 Å². The number of hydrogen-bond acceptors (Lipinski definition) is 7. The summed E-state index contributed by atoms with van der Waals surface area (Å²) in [5.41, 5.74) is 0.831. The fourth-order valence-electron chi connectivity index (χ4n) is 1.38. The van der Waals surface area contributed by atoms with Crippen LogP contribution in [0.1, 0.15) is 41.0 Å². The molecule has 0 aromatic carbocycles. The van der Waals surface area contributed by atoms with Gasteiger partial charge in [-0.3, -0.25) is 9.52 Å². The van der Waals surface area contributed by atoms with Crippen molar-refractivity contribution in [1.29, 1.82) is 0 Å². The highest BCUT2D eigenvalue weighted by Gasteiger charge is 2.29. The maximum Gasteiger partial charge on any atom is 0.459 e. The second-order valence-electron chi connectivity index (χ2n) is 4.64. The van der Waals surface area contributed by atoms with Gasteiger partial charge < -0.3 is 4.62 Å². The Morgan fingerprint density at radius 1 is 1.50 bits per heavy atom. The van der Waals surface area contributed by atoms with Gasteiger partial charge in [0, 0.05) is 5.75 Å². The summed E-state index contributed by atoms with van der Waals surface area (Å²) in [4.78, 5) is 4.51. The number of aliphatic imine (C=N–C) groups is 1. The minimum atomic E-state index is -3.20. The van der Waals surface area contributed by atoms with Gasteiger partial charge in [-0.25, -0.2) is 4.57 Å². The molecule has 5 nitrogen and oxygen atoms in total. The highest BCUT2D eigenvalue weighted by molar-refractivity contribution is 8.55. The molecule has 0 saturated heterocycles. The summed E-state index contributed by atoms with van der Waals surface area (Å²) < 4.78 is 22.9. The zero-order chi connectivity index (χ0) is 15.2. The zero-order valence-corrected chi connectivity index (χ0v) is 15.2. The average molecular weight is 338 g/mol. The topological polar surface area (TPSA) is 60.2 Å². The van der Waals surface area contributed by atoms with E-state index in [1.807, 2.05) is 13.8 Å². The molecule has 0 radical (unpaired) electrons. The smallest absolute Gasteiger partial charge is 0.304 e. The van der Waals surface area contributed by atoms with Crippen molar-refractivity contribution in [2.45, 2.75) is 46.4 Å². The van der Waals surface area contributed by atoms with E-state index in [0.717, 1.165) is 17.9 Å². The SMILES string of the molecule is CCCSP(=O)(OCC)O/N=C1\SC(C(C)C)N=C1C. The van der Waals surface area contributed by atoms with Crippen molar-refractivity contribution in [2.24, 2.45) is 16.1 Å². The molecule has 0 spiro atoms. The van der Waals surface area contributed by atoms with E-state index in [2.05, 4.69) is 24.0 Å². The average Bonchev–Trinajstić information content (AvgIpc) is 2.76. The van der Waals surface area contributed by atoms with E-state index < -0.39 is 6.80 Å². The maximum atomic E-state index is 12.4. The Morgan fingerprint density at radius 2 is 2.20 bits per heavy atom. The van der Waals surface area contributed by atoms with Crippen molar-refractivity contribution in [1.82, 2.24) is 0 Å². The third-order valence-electron chi connectivity index (χ3n) is 2.40. The molecule has 0 aromatic rings. The Labute approximate surface area is 129 Å². The summed E-state index contributed by atoms with van der Waals surface area (Å²) in [6.07, 6.45) is 0.909. The standard InChI is InChI=1S/C12H23N2O3PS2/c1-6-8-19-18(15,16-7-2)17-14-12-10(5)13-11(20-12)9(3)4/h9,11H,6-8H2,1-5H3/b14-12-. The molecule has 0 bridgehead atoms. The number of nitrogens with zero attached hydrogens (tertiary/aromatic N) is 2. The quantitative estimate of drug-likeness (QED) is 0.470. The molecule has 8 heteroatoms. The summed E-state index contributed by atoms with van der Waals surface area (Å²) in [6, 6.07) is 0. The third-order valence-corrected chi connectivity index (χ3v) is 7.66. The molecule has 2 unspecified atom stereocenters. The molecular weight excluding hydrogens is 315 g/mol. The number of thioether (sulfide) groups is 1. The van der Waals surface area contributed by atoms with E-state index in [1.165, 1.54) is 11.4 Å². The van der Waals surface area contributed by atoms with E-state index in [4.69, 9.17) is 9.15 Å². The van der Waals surface area contributed by atoms with Crippen LogP contribution in [0.5, 0.6) is 0 Å². The zero-order valence-electron chi connectivity index (χ0n) is 12.7. The van der Waals surface area contributed by atoms with Gasteiger partial charge in [0.2, 0.25) is 0 Å². The Kier molecular flexibility index (Phi) is 7.65. The van der Waals surface area contributed by atoms with Gasteiger partial charge in [0.15, 0.2) is 5.04 Å². The first-order valence-corrected chi connectivity index (χ1v) is 10.8. The van der Waals surface area contributed by atoms with Crippen LogP contribution in [0, 0.1) is 5.92 Å². The van der Waals surface area contributed by atoms with Crippen molar-refractivity contribution in [3.63, 3.8) is 0 Å². The summed E-state index contributed by atoms with van der Waals surface area (Å²) in [6.45, 7) is 7.07. The fourth-order valence-corrected chi connectivity index (χ4v) is 5.52. The molecule has 0 N–H and O–H groups in total. The van der Waals surface area contributed by atoms with E-state index in [0.29, 0.717) is 17.6 Å². The lowest BCUT2D eigenvalue weighted by molar-refractivity contribution is 0.237. The van der Waals surface area contributed by atoms with Gasteiger partial charge in [-0.15, -0.1) is 0 Å². The van der Waals surface area contributed by atoms with Crippen molar-refractivity contribution in [3.05, 3.63) is 0 Å². The monoisotopic (exact) mass is 338 g/mol. The molecule has 2 atom stereocenters. The van der Waals surface area contributed by atoms with Crippen molar-refractivity contribution >= 4 is 40.7 Å². The molecular formula is C12H23N2O3PS2. The number of hydrogen-bond donors (Lipinski definition) is 0. The third kappa shape index (κ3) is 5.43. The van der Waals surface area contributed by atoms with Crippen LogP contribution in [-0.2, 0) is 13.7 Å². The Bertz CT molecular complexity index is 427. The van der Waals surface area contributed by atoms with Gasteiger partial charge in [-0.05, 0) is 37.6 Å². The van der Waals surface area contributed by atoms with E-state index >= 15 is 0 Å². The van der Waals surface area contributed by atoms with Crippen LogP contribution in [0.3, 0.4) is 0 Å². The molecule has 0 aliphatic carbocycles. The molecule has 0 amide bonds. The Hall–Kier alpha value is 0.0300. The van der Waals surface area contributed by atoms with Crippen LogP contribution in [0.4, 0.5) is 0 Å². The first-order valence-electron chi connectivity index (χ1n) is 6.79. The molecule has 0 fully saturated rings. The summed E-state index contributed by atoms with van der Waals surface area (Å²) in [5.74, 6) is 1.15. The second kappa shape index (κ2) is 8.47. The minimum Gasteiger partial charge on any atom is -0.304 e. The molecule has 1 rings (SSSR count). The van der Waals surface area contributed by atoms with Crippen molar-refractivity contribution in [2.75, 3.05) is 12.4 Å². The van der Waals surface area contributed by atoms with Gasteiger partial charge in [0.25, 0.3) is 0 Å². The first-order chi connectivity index (χ1) is 9.41. The maximum absolute atomic E-state index is 12.4. The highest BCUT2D eigenvalue weighted by atomic mass is 32.7. The van der Waals surface area contributed by atoms with Gasteiger partial charge >= 0.3 is 6.80 Å². The normalized spacial score (nSPS) is 24.0. The predicted molar refractivity (Wildman–Crippen MR) is 89.8 cm³/mol. The number of rotatable bonds is 8. The molecule has 1 aliphatic heterocycles. The fraction of sp³-hybridized carbons (Fsp3) is 0.833. The highest BCUT2D eigenvalue weighted by Crippen LogP contribution is 2.61. The minimum absolute atomic E-state index is 0.159. The number of oxime groups is 1. The molecule has 0 aromatic heterocycles. The van der Waals surface area contributed by atoms with Gasteiger partial charge in [-0.2, -0.15) is 0 Å². The Balaban J connectivity index is 2.69. The summed E-state index contributed by atoms with van der Waals surface area (Å²) in [7, 11) is 0. The van der Waals surface area contributed by atoms with Gasteiger partial charge in [-0.1, -0.05) is 37.7 Å². The Morgan fingerprint density at radius 3 is 2.70 bits per heavy atom.